The van der Waals surface area contributed by atoms with Gasteiger partial charge in [-0.1, -0.05) is 62.9 Å². The van der Waals surface area contributed by atoms with Crippen LogP contribution in [0.25, 0.3) is 11.3 Å². The van der Waals surface area contributed by atoms with Gasteiger partial charge in [-0.3, -0.25) is 0 Å². The minimum Gasteiger partial charge on any atom is -0.356 e. The molecule has 0 amide bonds. The molecular formula is C27H32FN. The van der Waals surface area contributed by atoms with Gasteiger partial charge in [0.25, 0.3) is 0 Å². The summed E-state index contributed by atoms with van der Waals surface area (Å²) in [5, 5.41) is 3.33. The van der Waals surface area contributed by atoms with Crippen LogP contribution >= 0.6 is 0 Å². The van der Waals surface area contributed by atoms with E-state index in [0.717, 1.165) is 28.8 Å². The predicted molar refractivity (Wildman–Crippen MR) is 126 cm³/mol. The van der Waals surface area contributed by atoms with Gasteiger partial charge >= 0.3 is 0 Å². The van der Waals surface area contributed by atoms with Gasteiger partial charge in [-0.05, 0) is 74.1 Å². The molecule has 0 saturated carbocycles. The van der Waals surface area contributed by atoms with E-state index in [9.17, 15) is 4.39 Å². The summed E-state index contributed by atoms with van der Waals surface area (Å²) < 4.78 is 14.8. The van der Waals surface area contributed by atoms with Gasteiger partial charge in [0.1, 0.15) is 5.82 Å². The van der Waals surface area contributed by atoms with E-state index in [-0.39, 0.29) is 5.82 Å². The first-order valence-electron chi connectivity index (χ1n) is 10.2. The number of unbranched alkanes of at least 4 members (excludes halogenated alkanes) is 1. The van der Waals surface area contributed by atoms with E-state index in [4.69, 9.17) is 0 Å². The molecule has 0 atom stereocenters. The molecule has 2 heteroatoms. The largest absolute Gasteiger partial charge is 0.356 e. The summed E-state index contributed by atoms with van der Waals surface area (Å²) >= 11 is 0. The number of anilines is 1. The first-order chi connectivity index (χ1) is 13.9. The van der Waals surface area contributed by atoms with Crippen molar-refractivity contribution in [3.63, 3.8) is 0 Å². The number of hydrogen-bond donors (Lipinski definition) is 1. The molecule has 0 aliphatic heterocycles. The molecule has 2 rings (SSSR count). The lowest BCUT2D eigenvalue weighted by Gasteiger charge is -2.14. The molecule has 29 heavy (non-hydrogen) atoms. The Bertz CT molecular complexity index is 947. The summed E-state index contributed by atoms with van der Waals surface area (Å²) in [6.45, 7) is 16.0. The highest BCUT2D eigenvalue weighted by Crippen LogP contribution is 2.26. The van der Waals surface area contributed by atoms with Crippen LogP contribution in [0, 0.1) is 12.7 Å². The second kappa shape index (κ2) is 10.6. The van der Waals surface area contributed by atoms with Gasteiger partial charge in [0.15, 0.2) is 0 Å². The summed E-state index contributed by atoms with van der Waals surface area (Å²) in [5.41, 5.74) is 7.57. The van der Waals surface area contributed by atoms with Crippen molar-refractivity contribution < 1.29 is 4.39 Å². The van der Waals surface area contributed by atoms with Crippen LogP contribution in [0.2, 0.25) is 0 Å². The van der Waals surface area contributed by atoms with Crippen LogP contribution in [-0.4, -0.2) is 0 Å². The molecule has 0 unspecified atom stereocenters. The molecule has 0 radical (unpaired) electrons. The topological polar surface area (TPSA) is 12.0 Å². The standard InChI is InChI=1S/C27H32FN/c1-7-9-11-19(3)21(5)26-16-14-24(18-27(26)28)22(6)29-25-15-13-20(4)23(17-25)12-10-8-2/h7,9,11,13-18,29H,1,6,8,10,12H2,2-5H3/b11-9-,21-19+. The number of benzene rings is 2. The zero-order valence-electron chi connectivity index (χ0n) is 18.1. The average Bonchev–Trinajstić information content (AvgIpc) is 2.71. The van der Waals surface area contributed by atoms with Crippen molar-refractivity contribution in [1.82, 2.24) is 0 Å². The lowest BCUT2D eigenvalue weighted by molar-refractivity contribution is 0.623. The van der Waals surface area contributed by atoms with Gasteiger partial charge in [0.2, 0.25) is 0 Å². The van der Waals surface area contributed by atoms with Gasteiger partial charge < -0.3 is 5.32 Å². The fourth-order valence-electron chi connectivity index (χ4n) is 3.19. The average molecular weight is 390 g/mol. The minimum absolute atomic E-state index is 0.248. The second-order valence-electron chi connectivity index (χ2n) is 7.45. The highest BCUT2D eigenvalue weighted by atomic mass is 19.1. The smallest absolute Gasteiger partial charge is 0.131 e. The molecule has 2 aromatic rings. The highest BCUT2D eigenvalue weighted by molar-refractivity contribution is 5.77. The predicted octanol–water partition coefficient (Wildman–Crippen LogP) is 8.10. The number of allylic oxidation sites excluding steroid dienone is 5. The zero-order valence-corrected chi connectivity index (χ0v) is 18.1. The van der Waals surface area contributed by atoms with E-state index in [1.165, 1.54) is 24.0 Å². The van der Waals surface area contributed by atoms with Gasteiger partial charge in [0.05, 0.1) is 0 Å². The second-order valence-corrected chi connectivity index (χ2v) is 7.45. The molecule has 0 bridgehead atoms. The number of nitrogens with one attached hydrogen (secondary N) is 1. The van der Waals surface area contributed by atoms with Crippen LogP contribution in [0.4, 0.5) is 10.1 Å². The maximum absolute atomic E-state index is 14.8. The van der Waals surface area contributed by atoms with Crippen LogP contribution in [0.3, 0.4) is 0 Å². The molecule has 0 aliphatic carbocycles. The van der Waals surface area contributed by atoms with Crippen molar-refractivity contribution in [2.45, 2.75) is 47.0 Å². The fraction of sp³-hybridized carbons (Fsp3) is 0.259. The molecule has 152 valence electrons. The third kappa shape index (κ3) is 6.05. The molecule has 0 fully saturated rings. The molecule has 0 aliphatic rings. The number of hydrogen-bond acceptors (Lipinski definition) is 1. The third-order valence-electron chi connectivity index (χ3n) is 5.24. The first kappa shape index (κ1) is 22.4. The van der Waals surface area contributed by atoms with Crippen molar-refractivity contribution in [3.8, 4) is 0 Å². The van der Waals surface area contributed by atoms with Crippen LogP contribution in [0.15, 0.2) is 73.4 Å². The van der Waals surface area contributed by atoms with E-state index in [1.54, 1.807) is 12.1 Å². The fourth-order valence-corrected chi connectivity index (χ4v) is 3.19. The summed E-state index contributed by atoms with van der Waals surface area (Å²) in [7, 11) is 0. The minimum atomic E-state index is -0.248. The molecule has 0 spiro atoms. The maximum Gasteiger partial charge on any atom is 0.131 e. The summed E-state index contributed by atoms with van der Waals surface area (Å²) in [6.07, 6.45) is 8.92. The van der Waals surface area contributed by atoms with E-state index < -0.39 is 0 Å². The lowest BCUT2D eigenvalue weighted by Crippen LogP contribution is -2.01. The molecule has 2 aromatic carbocycles. The van der Waals surface area contributed by atoms with Crippen LogP contribution in [0.5, 0.6) is 0 Å². The van der Waals surface area contributed by atoms with E-state index in [2.05, 4.69) is 44.5 Å². The van der Waals surface area contributed by atoms with E-state index >= 15 is 0 Å². The Morgan fingerprint density at radius 2 is 1.90 bits per heavy atom. The van der Waals surface area contributed by atoms with Crippen LogP contribution < -0.4 is 5.32 Å². The Kier molecular flexibility index (Phi) is 8.21. The molecule has 0 aromatic heterocycles. The molecule has 1 nitrogen and oxygen atoms in total. The third-order valence-corrected chi connectivity index (χ3v) is 5.24. The van der Waals surface area contributed by atoms with Crippen molar-refractivity contribution in [2.24, 2.45) is 0 Å². The molecular weight excluding hydrogens is 357 g/mol. The number of rotatable bonds is 9. The SMILES string of the molecule is C=C/C=C\C(C)=C(/C)c1ccc(C(=C)Nc2ccc(C)c(CCCC)c2)cc1F. The molecule has 1 N–H and O–H groups in total. The summed E-state index contributed by atoms with van der Waals surface area (Å²) in [5.74, 6) is -0.248. The Balaban J connectivity index is 2.21. The van der Waals surface area contributed by atoms with Crippen molar-refractivity contribution in [3.05, 3.63) is 101 Å². The summed E-state index contributed by atoms with van der Waals surface area (Å²) in [4.78, 5) is 0. The molecule has 0 heterocycles. The lowest BCUT2D eigenvalue weighted by atomic mass is 9.99. The monoisotopic (exact) mass is 389 g/mol. The normalized spacial score (nSPS) is 12.0. The van der Waals surface area contributed by atoms with Gasteiger partial charge in [-0.25, -0.2) is 4.39 Å². The molecule has 0 saturated heterocycles. The highest BCUT2D eigenvalue weighted by Gasteiger charge is 2.10. The van der Waals surface area contributed by atoms with Gasteiger partial charge in [-0.2, -0.15) is 0 Å². The van der Waals surface area contributed by atoms with Gasteiger partial charge in [-0.15, -0.1) is 0 Å². The van der Waals surface area contributed by atoms with Gasteiger partial charge in [0, 0.05) is 22.5 Å². The van der Waals surface area contributed by atoms with E-state index in [0.29, 0.717) is 11.3 Å². The first-order valence-corrected chi connectivity index (χ1v) is 10.2. The summed E-state index contributed by atoms with van der Waals surface area (Å²) in [6, 6.07) is 11.6. The van der Waals surface area contributed by atoms with Crippen molar-refractivity contribution in [1.29, 1.82) is 0 Å². The zero-order chi connectivity index (χ0) is 21.4. The Morgan fingerprint density at radius 1 is 1.14 bits per heavy atom. The quantitative estimate of drug-likeness (QED) is 0.427. The maximum atomic E-state index is 14.8. The number of halogens is 1. The Labute approximate surface area is 175 Å². The van der Waals surface area contributed by atoms with Crippen LogP contribution in [-0.2, 0) is 6.42 Å². The van der Waals surface area contributed by atoms with Crippen molar-refractivity contribution in [2.75, 3.05) is 5.32 Å². The van der Waals surface area contributed by atoms with Crippen LogP contribution in [0.1, 0.15) is 55.9 Å². The number of aryl methyl sites for hydroxylation is 2. The Hall–Kier alpha value is -2.87. The van der Waals surface area contributed by atoms with Crippen molar-refractivity contribution >= 4 is 17.0 Å². The Morgan fingerprint density at radius 3 is 2.55 bits per heavy atom. The van der Waals surface area contributed by atoms with E-state index in [1.807, 2.05) is 44.2 Å².